The smallest absolute Gasteiger partial charge is 0.130 e. The molecule has 3 rings (SSSR count). The van der Waals surface area contributed by atoms with Crippen LogP contribution in [0.1, 0.15) is 11.1 Å². The molecule has 0 spiro atoms. The van der Waals surface area contributed by atoms with Crippen LogP contribution in [0, 0.1) is 6.92 Å². The first-order valence-corrected chi connectivity index (χ1v) is 7.70. The van der Waals surface area contributed by atoms with Crippen molar-refractivity contribution >= 4 is 26.7 Å². The van der Waals surface area contributed by atoms with E-state index in [2.05, 4.69) is 59.3 Å². The predicted molar refractivity (Wildman–Crippen MR) is 87.8 cm³/mol. The Kier molecular flexibility index (Phi) is 3.75. The van der Waals surface area contributed by atoms with Crippen LogP contribution in [0.3, 0.4) is 0 Å². The maximum atomic E-state index is 6.00. The molecule has 0 aliphatic rings. The number of fused-ring (bicyclic) bond motifs is 1. The highest BCUT2D eigenvalue weighted by molar-refractivity contribution is 9.08. The van der Waals surface area contributed by atoms with Crippen molar-refractivity contribution in [2.24, 2.45) is 0 Å². The summed E-state index contributed by atoms with van der Waals surface area (Å²) in [6.07, 6.45) is 0. The second-order valence-corrected chi connectivity index (χ2v) is 5.41. The molecule has 0 aliphatic heterocycles. The molecule has 0 unspecified atom stereocenters. The Morgan fingerprint density at radius 2 is 1.70 bits per heavy atom. The van der Waals surface area contributed by atoms with Gasteiger partial charge in [0.15, 0.2) is 0 Å². The zero-order valence-corrected chi connectivity index (χ0v) is 12.9. The fourth-order valence-electron chi connectivity index (χ4n) is 2.27. The van der Waals surface area contributed by atoms with Crippen LogP contribution in [0.25, 0.3) is 10.8 Å². The number of halogens is 1. The molecule has 3 aromatic carbocycles. The molecule has 0 saturated heterocycles. The Bertz CT molecular complexity index is 749. The van der Waals surface area contributed by atoms with Gasteiger partial charge in [0.2, 0.25) is 0 Å². The molecule has 0 radical (unpaired) electrons. The van der Waals surface area contributed by atoms with Crippen molar-refractivity contribution in [3.8, 4) is 11.5 Å². The first kappa shape index (κ1) is 13.2. The number of ether oxygens (including phenoxy) is 1. The van der Waals surface area contributed by atoms with Gasteiger partial charge in [-0.2, -0.15) is 0 Å². The standard InChI is InChI=1S/C18H15BrO/c1-13-10-14(12-19)6-9-18(13)20-17-8-7-15-4-2-3-5-16(15)11-17/h2-11H,12H2,1H3. The summed E-state index contributed by atoms with van der Waals surface area (Å²) in [5, 5.41) is 3.29. The van der Waals surface area contributed by atoms with Crippen molar-refractivity contribution in [3.63, 3.8) is 0 Å². The third-order valence-electron chi connectivity index (χ3n) is 3.34. The van der Waals surface area contributed by atoms with E-state index >= 15 is 0 Å². The summed E-state index contributed by atoms with van der Waals surface area (Å²) < 4.78 is 6.00. The van der Waals surface area contributed by atoms with Crippen LogP contribution in [0.2, 0.25) is 0 Å². The zero-order chi connectivity index (χ0) is 13.9. The number of hydrogen-bond acceptors (Lipinski definition) is 1. The lowest BCUT2D eigenvalue weighted by Crippen LogP contribution is -1.89. The van der Waals surface area contributed by atoms with E-state index in [0.717, 1.165) is 22.4 Å². The number of rotatable bonds is 3. The summed E-state index contributed by atoms with van der Waals surface area (Å²) in [6.45, 7) is 2.07. The molecule has 0 bridgehead atoms. The Labute approximate surface area is 127 Å². The van der Waals surface area contributed by atoms with Gasteiger partial charge in [0.1, 0.15) is 11.5 Å². The maximum absolute atomic E-state index is 6.00. The number of benzene rings is 3. The SMILES string of the molecule is Cc1cc(CBr)ccc1Oc1ccc2ccccc2c1. The van der Waals surface area contributed by atoms with Crippen LogP contribution in [0.5, 0.6) is 11.5 Å². The third kappa shape index (κ3) is 2.70. The predicted octanol–water partition coefficient (Wildman–Crippen LogP) is 5.84. The van der Waals surface area contributed by atoms with Crippen molar-refractivity contribution in [1.82, 2.24) is 0 Å². The normalized spacial score (nSPS) is 10.7. The van der Waals surface area contributed by atoms with Gasteiger partial charge in [-0.05, 0) is 47.0 Å². The number of aryl methyl sites for hydroxylation is 1. The lowest BCUT2D eigenvalue weighted by atomic mass is 10.1. The molecule has 0 aromatic heterocycles. The average Bonchev–Trinajstić information content (AvgIpc) is 2.49. The monoisotopic (exact) mass is 326 g/mol. The molecule has 3 aromatic rings. The van der Waals surface area contributed by atoms with Crippen molar-refractivity contribution in [1.29, 1.82) is 0 Å². The molecule has 0 saturated carbocycles. The Morgan fingerprint density at radius 3 is 2.45 bits per heavy atom. The van der Waals surface area contributed by atoms with Crippen molar-refractivity contribution in [2.75, 3.05) is 0 Å². The summed E-state index contributed by atoms with van der Waals surface area (Å²) in [5.74, 6) is 1.78. The van der Waals surface area contributed by atoms with Gasteiger partial charge < -0.3 is 4.74 Å². The summed E-state index contributed by atoms with van der Waals surface area (Å²) in [4.78, 5) is 0. The van der Waals surface area contributed by atoms with Gasteiger partial charge in [0.05, 0.1) is 0 Å². The van der Waals surface area contributed by atoms with E-state index in [1.165, 1.54) is 16.3 Å². The minimum absolute atomic E-state index is 0.865. The van der Waals surface area contributed by atoms with Crippen LogP contribution in [-0.4, -0.2) is 0 Å². The summed E-state index contributed by atoms with van der Waals surface area (Å²) in [6, 6.07) is 20.7. The molecule has 0 N–H and O–H groups in total. The lowest BCUT2D eigenvalue weighted by Gasteiger charge is -2.10. The van der Waals surface area contributed by atoms with Gasteiger partial charge in [-0.3, -0.25) is 0 Å². The number of alkyl halides is 1. The quantitative estimate of drug-likeness (QED) is 0.550. The molecule has 0 amide bonds. The van der Waals surface area contributed by atoms with E-state index < -0.39 is 0 Å². The molecule has 20 heavy (non-hydrogen) atoms. The Morgan fingerprint density at radius 1 is 0.900 bits per heavy atom. The first-order chi connectivity index (χ1) is 9.76. The van der Waals surface area contributed by atoms with Gasteiger partial charge in [-0.1, -0.05) is 58.4 Å². The number of hydrogen-bond donors (Lipinski definition) is 0. The molecule has 2 heteroatoms. The molecule has 100 valence electrons. The Hall–Kier alpha value is -1.80. The fourth-order valence-corrected chi connectivity index (χ4v) is 2.62. The highest BCUT2D eigenvalue weighted by Gasteiger charge is 2.03. The van der Waals surface area contributed by atoms with Crippen LogP contribution in [0.15, 0.2) is 60.7 Å². The van der Waals surface area contributed by atoms with E-state index in [4.69, 9.17) is 4.74 Å². The highest BCUT2D eigenvalue weighted by Crippen LogP contribution is 2.28. The second kappa shape index (κ2) is 5.68. The molecule has 0 aliphatic carbocycles. The molecule has 1 nitrogen and oxygen atoms in total. The van der Waals surface area contributed by atoms with Crippen LogP contribution in [0.4, 0.5) is 0 Å². The van der Waals surface area contributed by atoms with Crippen LogP contribution in [-0.2, 0) is 5.33 Å². The van der Waals surface area contributed by atoms with Gasteiger partial charge in [-0.15, -0.1) is 0 Å². The van der Waals surface area contributed by atoms with E-state index in [1.807, 2.05) is 24.3 Å². The van der Waals surface area contributed by atoms with E-state index in [-0.39, 0.29) is 0 Å². The van der Waals surface area contributed by atoms with Gasteiger partial charge >= 0.3 is 0 Å². The van der Waals surface area contributed by atoms with Crippen LogP contribution >= 0.6 is 15.9 Å². The third-order valence-corrected chi connectivity index (χ3v) is 3.99. The van der Waals surface area contributed by atoms with Gasteiger partial charge in [-0.25, -0.2) is 0 Å². The molecule has 0 fully saturated rings. The molecule has 0 heterocycles. The van der Waals surface area contributed by atoms with Crippen LogP contribution < -0.4 is 4.74 Å². The van der Waals surface area contributed by atoms with E-state index in [9.17, 15) is 0 Å². The van der Waals surface area contributed by atoms with Crippen molar-refractivity contribution in [3.05, 3.63) is 71.8 Å². The largest absolute Gasteiger partial charge is 0.457 e. The van der Waals surface area contributed by atoms with Crippen molar-refractivity contribution in [2.45, 2.75) is 12.3 Å². The van der Waals surface area contributed by atoms with E-state index in [0.29, 0.717) is 0 Å². The van der Waals surface area contributed by atoms with E-state index in [1.54, 1.807) is 0 Å². The van der Waals surface area contributed by atoms with Crippen molar-refractivity contribution < 1.29 is 4.74 Å². The summed E-state index contributed by atoms with van der Waals surface area (Å²) in [7, 11) is 0. The molecular formula is C18H15BrO. The van der Waals surface area contributed by atoms with Gasteiger partial charge in [0.25, 0.3) is 0 Å². The summed E-state index contributed by atoms with van der Waals surface area (Å²) >= 11 is 3.47. The lowest BCUT2D eigenvalue weighted by molar-refractivity contribution is 0.479. The minimum atomic E-state index is 0.865. The Balaban J connectivity index is 1.92. The summed E-state index contributed by atoms with van der Waals surface area (Å²) in [5.41, 5.74) is 2.41. The first-order valence-electron chi connectivity index (χ1n) is 6.58. The average molecular weight is 327 g/mol. The topological polar surface area (TPSA) is 9.23 Å². The zero-order valence-electron chi connectivity index (χ0n) is 11.3. The minimum Gasteiger partial charge on any atom is -0.457 e. The molecular weight excluding hydrogens is 312 g/mol. The maximum Gasteiger partial charge on any atom is 0.130 e. The second-order valence-electron chi connectivity index (χ2n) is 4.84. The molecule has 0 atom stereocenters. The fraction of sp³-hybridized carbons (Fsp3) is 0.111. The highest BCUT2D eigenvalue weighted by atomic mass is 79.9. The van der Waals surface area contributed by atoms with Gasteiger partial charge in [0, 0.05) is 5.33 Å².